The Morgan fingerprint density at radius 2 is 1.77 bits per heavy atom. The number of carbonyl (C=O) groups is 1. The zero-order valence-corrected chi connectivity index (χ0v) is 22.4. The van der Waals surface area contributed by atoms with Crippen LogP contribution in [-0.2, 0) is 12.8 Å². The third kappa shape index (κ3) is 5.84. The standard InChI is InChI=1S/C30H37N3OS/c1-6-33(7-2)24-16-13-21(14-17-24)20-31-29-27(28(34)32-23-11-9-8-10-12-23)25-18-15-22(30(3,4)5)19-26(25)35-29/h8-14,16-17,20,22H,6-7,15,18-19H2,1-5H3,(H,32,34)/t22-/m0/s1. The minimum Gasteiger partial charge on any atom is -0.372 e. The van der Waals surface area contributed by atoms with Crippen LogP contribution in [0.2, 0.25) is 0 Å². The Labute approximate surface area is 214 Å². The molecule has 0 aliphatic heterocycles. The second-order valence-corrected chi connectivity index (χ2v) is 11.4. The summed E-state index contributed by atoms with van der Waals surface area (Å²) in [7, 11) is 0. The number of hydrogen-bond acceptors (Lipinski definition) is 4. The molecule has 0 bridgehead atoms. The second-order valence-electron chi connectivity index (χ2n) is 10.3. The van der Waals surface area contributed by atoms with Gasteiger partial charge in [0.15, 0.2) is 0 Å². The first-order chi connectivity index (χ1) is 16.8. The number of rotatable bonds is 7. The molecule has 4 rings (SSSR count). The number of anilines is 2. The van der Waals surface area contributed by atoms with E-state index < -0.39 is 0 Å². The van der Waals surface area contributed by atoms with Crippen LogP contribution in [-0.4, -0.2) is 25.2 Å². The summed E-state index contributed by atoms with van der Waals surface area (Å²) in [6.07, 6.45) is 4.95. The van der Waals surface area contributed by atoms with Gasteiger partial charge < -0.3 is 10.2 Å². The molecule has 0 unspecified atom stereocenters. The Morgan fingerprint density at radius 1 is 1.09 bits per heavy atom. The maximum absolute atomic E-state index is 13.5. The van der Waals surface area contributed by atoms with Crippen LogP contribution in [0.1, 0.15) is 67.4 Å². The summed E-state index contributed by atoms with van der Waals surface area (Å²) in [6, 6.07) is 18.2. The molecule has 35 heavy (non-hydrogen) atoms. The predicted molar refractivity (Wildman–Crippen MR) is 151 cm³/mol. The highest BCUT2D eigenvalue weighted by Gasteiger charge is 2.33. The highest BCUT2D eigenvalue weighted by molar-refractivity contribution is 7.16. The van der Waals surface area contributed by atoms with E-state index in [-0.39, 0.29) is 11.3 Å². The number of aliphatic imine (C=N–C) groups is 1. The third-order valence-corrected chi connectivity index (χ3v) is 8.25. The molecule has 0 fully saturated rings. The van der Waals surface area contributed by atoms with Gasteiger partial charge in [-0.1, -0.05) is 51.1 Å². The molecule has 0 saturated heterocycles. The van der Waals surface area contributed by atoms with Gasteiger partial charge in [-0.05, 0) is 79.8 Å². The Kier molecular flexibility index (Phi) is 7.75. The van der Waals surface area contributed by atoms with Crippen molar-refractivity contribution in [3.63, 3.8) is 0 Å². The molecule has 3 aromatic rings. The van der Waals surface area contributed by atoms with E-state index in [2.05, 4.69) is 69.1 Å². The molecule has 0 spiro atoms. The second kappa shape index (κ2) is 10.8. The number of fused-ring (bicyclic) bond motifs is 1. The number of nitrogens with one attached hydrogen (secondary N) is 1. The summed E-state index contributed by atoms with van der Waals surface area (Å²) in [5.74, 6) is 0.551. The van der Waals surface area contributed by atoms with Gasteiger partial charge in [0.2, 0.25) is 0 Å². The summed E-state index contributed by atoms with van der Waals surface area (Å²) in [6.45, 7) is 13.3. The van der Waals surface area contributed by atoms with E-state index in [1.54, 1.807) is 11.3 Å². The highest BCUT2D eigenvalue weighted by Crippen LogP contribution is 2.45. The number of para-hydroxylation sites is 1. The van der Waals surface area contributed by atoms with Crippen LogP contribution in [0, 0.1) is 11.3 Å². The lowest BCUT2D eigenvalue weighted by molar-refractivity contribution is 0.102. The fourth-order valence-corrected chi connectivity index (χ4v) is 6.11. The molecule has 1 aromatic heterocycles. The first-order valence-electron chi connectivity index (χ1n) is 12.7. The maximum Gasteiger partial charge on any atom is 0.259 e. The molecule has 1 N–H and O–H groups in total. The zero-order valence-electron chi connectivity index (χ0n) is 21.6. The van der Waals surface area contributed by atoms with Gasteiger partial charge in [-0.3, -0.25) is 4.79 Å². The summed E-state index contributed by atoms with van der Waals surface area (Å²) in [5.41, 5.74) is 5.25. The molecule has 0 saturated carbocycles. The molecular weight excluding hydrogens is 450 g/mol. The predicted octanol–water partition coefficient (Wildman–Crippen LogP) is 7.75. The molecule has 1 atom stereocenters. The number of amides is 1. The molecule has 1 amide bonds. The van der Waals surface area contributed by atoms with E-state index in [1.165, 1.54) is 16.1 Å². The van der Waals surface area contributed by atoms with Crippen LogP contribution in [0.25, 0.3) is 0 Å². The van der Waals surface area contributed by atoms with Crippen molar-refractivity contribution in [1.82, 2.24) is 0 Å². The van der Waals surface area contributed by atoms with Crippen molar-refractivity contribution in [2.24, 2.45) is 16.3 Å². The third-order valence-electron chi connectivity index (χ3n) is 7.08. The van der Waals surface area contributed by atoms with Crippen molar-refractivity contribution in [1.29, 1.82) is 0 Å². The fourth-order valence-electron chi connectivity index (χ4n) is 4.84. The lowest BCUT2D eigenvalue weighted by atomic mass is 9.72. The Morgan fingerprint density at radius 3 is 2.40 bits per heavy atom. The largest absolute Gasteiger partial charge is 0.372 e. The van der Waals surface area contributed by atoms with Crippen LogP contribution < -0.4 is 10.2 Å². The van der Waals surface area contributed by atoms with Crippen molar-refractivity contribution in [3.05, 3.63) is 76.2 Å². The van der Waals surface area contributed by atoms with Crippen LogP contribution in [0.4, 0.5) is 16.4 Å². The molecule has 0 radical (unpaired) electrons. The SMILES string of the molecule is CCN(CC)c1ccc(C=Nc2sc3c(c2C(=O)Nc2ccccc2)CC[C@H](C(C)(C)C)C3)cc1. The number of carbonyl (C=O) groups excluding carboxylic acids is 1. The molecule has 184 valence electrons. The van der Waals surface area contributed by atoms with Crippen LogP contribution in [0.15, 0.2) is 59.6 Å². The van der Waals surface area contributed by atoms with E-state index in [0.717, 1.165) is 54.2 Å². The van der Waals surface area contributed by atoms with Crippen molar-refractivity contribution in [2.45, 2.75) is 53.9 Å². The van der Waals surface area contributed by atoms with Gasteiger partial charge >= 0.3 is 0 Å². The minimum absolute atomic E-state index is 0.0630. The lowest BCUT2D eigenvalue weighted by Gasteiger charge is -2.33. The average molecular weight is 488 g/mol. The molecule has 4 nitrogen and oxygen atoms in total. The number of thiophene rings is 1. The quantitative estimate of drug-likeness (QED) is 0.346. The van der Waals surface area contributed by atoms with Crippen LogP contribution in [0.3, 0.4) is 0 Å². The topological polar surface area (TPSA) is 44.7 Å². The van der Waals surface area contributed by atoms with Crippen molar-refractivity contribution < 1.29 is 4.79 Å². The summed E-state index contributed by atoms with van der Waals surface area (Å²) in [5, 5.41) is 3.91. The van der Waals surface area contributed by atoms with Gasteiger partial charge in [0.25, 0.3) is 5.91 Å². The Hall–Kier alpha value is -2.92. The van der Waals surface area contributed by atoms with E-state index in [9.17, 15) is 4.79 Å². The molecule has 1 aliphatic carbocycles. The Balaban J connectivity index is 1.65. The van der Waals surface area contributed by atoms with Crippen LogP contribution >= 0.6 is 11.3 Å². The summed E-state index contributed by atoms with van der Waals surface area (Å²) in [4.78, 5) is 22.0. The van der Waals surface area contributed by atoms with Gasteiger partial charge in [-0.25, -0.2) is 4.99 Å². The fraction of sp³-hybridized carbons (Fsp3) is 0.400. The molecular formula is C30H37N3OS. The molecule has 2 aromatic carbocycles. The van der Waals surface area contributed by atoms with Gasteiger partial charge in [0.1, 0.15) is 5.00 Å². The number of hydrogen-bond donors (Lipinski definition) is 1. The normalized spacial score (nSPS) is 15.7. The lowest BCUT2D eigenvalue weighted by Crippen LogP contribution is -2.27. The monoisotopic (exact) mass is 487 g/mol. The summed E-state index contributed by atoms with van der Waals surface area (Å²) >= 11 is 1.69. The van der Waals surface area contributed by atoms with Gasteiger partial charge in [0.05, 0.1) is 5.56 Å². The van der Waals surface area contributed by atoms with Crippen molar-refractivity contribution >= 4 is 39.8 Å². The molecule has 5 heteroatoms. The zero-order chi connectivity index (χ0) is 25.0. The Bertz CT molecular complexity index is 1170. The van der Waals surface area contributed by atoms with Gasteiger partial charge in [-0.2, -0.15) is 0 Å². The first-order valence-corrected chi connectivity index (χ1v) is 13.5. The first kappa shape index (κ1) is 25.2. The van der Waals surface area contributed by atoms with Gasteiger partial charge in [0, 0.05) is 35.6 Å². The molecule has 1 heterocycles. The van der Waals surface area contributed by atoms with Gasteiger partial charge in [-0.15, -0.1) is 11.3 Å². The van der Waals surface area contributed by atoms with E-state index in [0.29, 0.717) is 5.92 Å². The van der Waals surface area contributed by atoms with Crippen LogP contribution in [0.5, 0.6) is 0 Å². The average Bonchev–Trinajstić information content (AvgIpc) is 3.22. The van der Waals surface area contributed by atoms with E-state index >= 15 is 0 Å². The van der Waals surface area contributed by atoms with Crippen molar-refractivity contribution in [2.75, 3.05) is 23.3 Å². The molecule has 1 aliphatic rings. The summed E-state index contributed by atoms with van der Waals surface area (Å²) < 4.78 is 0. The van der Waals surface area contributed by atoms with E-state index in [1.807, 2.05) is 36.5 Å². The smallest absolute Gasteiger partial charge is 0.259 e. The number of nitrogens with zero attached hydrogens (tertiary/aromatic N) is 2. The van der Waals surface area contributed by atoms with E-state index in [4.69, 9.17) is 4.99 Å². The van der Waals surface area contributed by atoms with Crippen molar-refractivity contribution in [3.8, 4) is 0 Å². The number of benzene rings is 2. The maximum atomic E-state index is 13.5. The highest BCUT2D eigenvalue weighted by atomic mass is 32.1. The minimum atomic E-state index is -0.0630.